The second kappa shape index (κ2) is 10.8. The summed E-state index contributed by atoms with van der Waals surface area (Å²) in [5, 5.41) is 0. The van der Waals surface area contributed by atoms with E-state index in [2.05, 4.69) is 42.1 Å². The summed E-state index contributed by atoms with van der Waals surface area (Å²) in [6.07, 6.45) is 8.59. The number of carbonyl (C=O) groups excluding carboxylic acids is 2. The summed E-state index contributed by atoms with van der Waals surface area (Å²) >= 11 is 0. The van der Waals surface area contributed by atoms with Gasteiger partial charge in [0, 0.05) is 27.3 Å². The summed E-state index contributed by atoms with van der Waals surface area (Å²) in [5.41, 5.74) is 2.21. The van der Waals surface area contributed by atoms with Gasteiger partial charge in [0.2, 0.25) is 5.91 Å². The van der Waals surface area contributed by atoms with Gasteiger partial charge in [-0.05, 0) is 25.3 Å². The highest BCUT2D eigenvalue weighted by atomic mass is 28.3. The van der Waals surface area contributed by atoms with Crippen molar-refractivity contribution < 1.29 is 14.4 Å². The molecule has 0 unspecified atom stereocenters. The van der Waals surface area contributed by atoms with E-state index in [1.807, 2.05) is 0 Å². The molecule has 20 heavy (non-hydrogen) atoms. The molecular formula is C15H29NO3Si. The molecule has 1 N–H and O–H groups in total. The van der Waals surface area contributed by atoms with Crippen molar-refractivity contribution in [3.05, 3.63) is 12.2 Å². The number of carbonyl (C=O) groups is 2. The third kappa shape index (κ3) is 13.5. The normalized spacial score (nSPS) is 11.8. The highest BCUT2D eigenvalue weighted by molar-refractivity contribution is 6.76. The summed E-state index contributed by atoms with van der Waals surface area (Å²) < 4.78 is 0. The minimum absolute atomic E-state index is 0.155. The Kier molecular flexibility index (Phi) is 10.3. The Bertz CT molecular complexity index is 322. The van der Waals surface area contributed by atoms with Gasteiger partial charge in [-0.15, -0.1) is 0 Å². The maximum absolute atomic E-state index is 11.5. The Hall–Kier alpha value is -0.943. The van der Waals surface area contributed by atoms with Gasteiger partial charge in [-0.2, -0.15) is 0 Å². The van der Waals surface area contributed by atoms with E-state index in [-0.39, 0.29) is 18.1 Å². The Balaban J connectivity index is 3.51. The predicted octanol–water partition coefficient (Wildman–Crippen LogP) is 3.47. The molecule has 0 spiro atoms. The molecule has 4 nitrogen and oxygen atoms in total. The van der Waals surface area contributed by atoms with Crippen molar-refractivity contribution in [3.63, 3.8) is 0 Å². The number of hydroxylamine groups is 1. The second-order valence-electron chi connectivity index (χ2n) is 6.25. The quantitative estimate of drug-likeness (QED) is 0.275. The van der Waals surface area contributed by atoms with Crippen LogP contribution in [0.15, 0.2) is 12.2 Å². The topological polar surface area (TPSA) is 55.4 Å². The summed E-state index contributed by atoms with van der Waals surface area (Å²) in [7, 11) is 0.423. The summed E-state index contributed by atoms with van der Waals surface area (Å²) in [5.74, 6) is -0.0857. The van der Waals surface area contributed by atoms with E-state index in [1.54, 1.807) is 0 Å². The lowest BCUT2D eigenvalue weighted by Gasteiger charge is -2.11. The third-order valence-corrected chi connectivity index (χ3v) is 4.28. The number of Topliss-reactive ketones (excluding diaryl/α,β-unsaturated/α-hetero) is 1. The van der Waals surface area contributed by atoms with Crippen molar-refractivity contribution in [1.82, 2.24) is 5.48 Å². The van der Waals surface area contributed by atoms with Gasteiger partial charge < -0.3 is 0 Å². The minimum Gasteiger partial charge on any atom is -0.300 e. The van der Waals surface area contributed by atoms with Crippen molar-refractivity contribution in [2.24, 2.45) is 0 Å². The van der Waals surface area contributed by atoms with Gasteiger partial charge in [0.25, 0.3) is 0 Å². The van der Waals surface area contributed by atoms with Gasteiger partial charge in [-0.3, -0.25) is 14.4 Å². The van der Waals surface area contributed by atoms with Gasteiger partial charge in [-0.25, -0.2) is 5.48 Å². The number of hydrogen-bond acceptors (Lipinski definition) is 3. The van der Waals surface area contributed by atoms with E-state index in [9.17, 15) is 9.59 Å². The zero-order chi connectivity index (χ0) is 15.4. The summed E-state index contributed by atoms with van der Waals surface area (Å²) in [6.45, 7) is 7.07. The van der Waals surface area contributed by atoms with Crippen LogP contribution in [0.2, 0.25) is 25.7 Å². The van der Waals surface area contributed by atoms with Crippen LogP contribution in [0.3, 0.4) is 0 Å². The van der Waals surface area contributed by atoms with Crippen LogP contribution < -0.4 is 5.48 Å². The van der Waals surface area contributed by atoms with E-state index in [1.165, 1.54) is 13.2 Å². The van der Waals surface area contributed by atoms with Crippen LogP contribution in [0.4, 0.5) is 0 Å². The first-order chi connectivity index (χ1) is 9.35. The highest BCUT2D eigenvalue weighted by Crippen LogP contribution is 2.10. The second-order valence-corrected chi connectivity index (χ2v) is 11.8. The first-order valence-electron chi connectivity index (χ1n) is 7.33. The van der Waals surface area contributed by atoms with Crippen LogP contribution in [0.5, 0.6) is 0 Å². The van der Waals surface area contributed by atoms with Crippen molar-refractivity contribution in [1.29, 1.82) is 0 Å². The predicted molar refractivity (Wildman–Crippen MR) is 85.2 cm³/mol. The van der Waals surface area contributed by atoms with Crippen LogP contribution in [-0.4, -0.2) is 26.9 Å². The molecule has 0 rings (SSSR count). The van der Waals surface area contributed by atoms with E-state index < -0.39 is 8.07 Å². The lowest BCUT2D eigenvalue weighted by Crippen LogP contribution is -2.22. The van der Waals surface area contributed by atoms with Crippen LogP contribution in [0.25, 0.3) is 0 Å². The first kappa shape index (κ1) is 19.1. The molecule has 0 fully saturated rings. The lowest BCUT2D eigenvalue weighted by atomic mass is 10.1. The number of amides is 1. The Morgan fingerprint density at radius 3 is 2.35 bits per heavy atom. The average Bonchev–Trinajstić information content (AvgIpc) is 2.34. The molecule has 0 aromatic carbocycles. The Labute approximate surface area is 123 Å². The van der Waals surface area contributed by atoms with Crippen LogP contribution in [0.1, 0.15) is 38.5 Å². The third-order valence-electron chi connectivity index (χ3n) is 2.82. The molecule has 0 saturated heterocycles. The van der Waals surface area contributed by atoms with Gasteiger partial charge >= 0.3 is 0 Å². The number of unbranched alkanes of at least 4 members (excludes halogenated alkanes) is 2. The van der Waals surface area contributed by atoms with Crippen molar-refractivity contribution in [3.8, 4) is 0 Å². The molecule has 116 valence electrons. The first-order valence-corrected chi connectivity index (χ1v) is 11.0. The molecule has 0 aliphatic carbocycles. The minimum atomic E-state index is -0.961. The number of ketones is 1. The van der Waals surface area contributed by atoms with Gasteiger partial charge in [0.15, 0.2) is 0 Å². The number of rotatable bonds is 11. The van der Waals surface area contributed by atoms with Crippen LogP contribution in [0, 0.1) is 0 Å². The van der Waals surface area contributed by atoms with E-state index in [0.29, 0.717) is 12.8 Å². The molecule has 5 heteroatoms. The molecule has 0 atom stereocenters. The van der Waals surface area contributed by atoms with E-state index in [0.717, 1.165) is 19.3 Å². The fourth-order valence-electron chi connectivity index (χ4n) is 1.68. The Morgan fingerprint density at radius 1 is 1.05 bits per heavy atom. The molecular weight excluding hydrogens is 270 g/mol. The molecule has 1 amide bonds. The molecule has 0 saturated carbocycles. The molecule has 0 radical (unpaired) electrons. The summed E-state index contributed by atoms with van der Waals surface area (Å²) in [4.78, 5) is 27.1. The standard InChI is InChI=1S/C15H29NO3Si/c1-19-16-15(18)12-11-14(17)10-8-6-5-7-9-13-20(2,3)4/h7,9H,5-6,8,10-13H2,1-4H3,(H,16,18). The molecule has 0 bridgehead atoms. The fourth-order valence-corrected chi connectivity index (χ4v) is 2.56. The number of nitrogens with one attached hydrogen (secondary N) is 1. The van der Waals surface area contributed by atoms with Gasteiger partial charge in [0.1, 0.15) is 5.78 Å². The van der Waals surface area contributed by atoms with Crippen molar-refractivity contribution in [2.45, 2.75) is 64.2 Å². The molecule has 0 aromatic heterocycles. The van der Waals surface area contributed by atoms with Crippen LogP contribution in [-0.2, 0) is 14.4 Å². The molecule has 0 aliphatic rings. The lowest BCUT2D eigenvalue weighted by molar-refractivity contribution is -0.133. The average molecular weight is 299 g/mol. The molecule has 0 aliphatic heterocycles. The maximum Gasteiger partial charge on any atom is 0.243 e. The fraction of sp³-hybridized carbons (Fsp3) is 0.733. The molecule has 0 heterocycles. The summed E-state index contributed by atoms with van der Waals surface area (Å²) in [6, 6.07) is 1.22. The monoisotopic (exact) mass is 299 g/mol. The number of hydrogen-bond donors (Lipinski definition) is 1. The highest BCUT2D eigenvalue weighted by Gasteiger charge is 2.09. The van der Waals surface area contributed by atoms with Crippen molar-refractivity contribution >= 4 is 19.8 Å². The van der Waals surface area contributed by atoms with Gasteiger partial charge in [0.05, 0.1) is 7.11 Å². The van der Waals surface area contributed by atoms with Crippen molar-refractivity contribution in [2.75, 3.05) is 7.11 Å². The van der Waals surface area contributed by atoms with E-state index in [4.69, 9.17) is 0 Å². The van der Waals surface area contributed by atoms with Gasteiger partial charge in [-0.1, -0.05) is 31.8 Å². The zero-order valence-electron chi connectivity index (χ0n) is 13.3. The largest absolute Gasteiger partial charge is 0.300 e. The molecule has 0 aromatic rings. The van der Waals surface area contributed by atoms with Crippen LogP contribution >= 0.6 is 0 Å². The SMILES string of the molecule is CONC(=O)CCC(=O)CCCCC=CC[Si](C)(C)C. The maximum atomic E-state index is 11.5. The Morgan fingerprint density at radius 2 is 1.75 bits per heavy atom. The number of allylic oxidation sites excluding steroid dienone is 2. The van der Waals surface area contributed by atoms with E-state index >= 15 is 0 Å². The zero-order valence-corrected chi connectivity index (χ0v) is 14.3. The smallest absolute Gasteiger partial charge is 0.243 e.